The molecule has 0 unspecified atom stereocenters. The number of rotatable bonds is 10. The van der Waals surface area contributed by atoms with Crippen LogP contribution in [0.4, 0.5) is 0 Å². The van der Waals surface area contributed by atoms with Crippen molar-refractivity contribution in [3.63, 3.8) is 0 Å². The first-order chi connectivity index (χ1) is 14.5. The van der Waals surface area contributed by atoms with Crippen LogP contribution in [0.15, 0.2) is 46.3 Å². The number of aliphatic hydroxyl groups is 1. The zero-order valence-electron chi connectivity index (χ0n) is 16.6. The third-order valence-electron chi connectivity index (χ3n) is 4.38. The molecule has 2 N–H and O–H groups in total. The highest BCUT2D eigenvalue weighted by Crippen LogP contribution is 2.23. The molecule has 1 aromatic carbocycles. The summed E-state index contributed by atoms with van der Waals surface area (Å²) in [5.74, 6) is 0.0523. The molecule has 0 aliphatic carbocycles. The average molecular weight is 446 g/mol. The van der Waals surface area contributed by atoms with Crippen LogP contribution in [0.25, 0.3) is 10.9 Å². The Morgan fingerprint density at radius 1 is 1.23 bits per heavy atom. The lowest BCUT2D eigenvalue weighted by molar-refractivity contribution is -0.118. The minimum Gasteiger partial charge on any atom is -0.396 e. The number of para-hydroxylation sites is 1. The van der Waals surface area contributed by atoms with E-state index in [1.165, 1.54) is 34.6 Å². The molecule has 1 amide bonds. The summed E-state index contributed by atoms with van der Waals surface area (Å²) < 4.78 is 1.53. The Labute approximate surface area is 182 Å². The van der Waals surface area contributed by atoms with E-state index in [1.54, 1.807) is 24.3 Å². The predicted octanol–water partition coefficient (Wildman–Crippen LogP) is 2.49. The van der Waals surface area contributed by atoms with Crippen molar-refractivity contribution in [2.75, 3.05) is 18.9 Å². The SMILES string of the molecule is CC(=O)NCCc1ccc(C(=O)CSc2nc3ccccc3c(=O)n2CCCO)s1. The van der Waals surface area contributed by atoms with Gasteiger partial charge in [-0.05, 0) is 37.1 Å². The molecule has 3 rings (SSSR count). The molecule has 0 aliphatic rings. The number of ketones is 1. The normalized spacial score (nSPS) is 11.0. The van der Waals surface area contributed by atoms with Crippen molar-refractivity contribution in [2.45, 2.75) is 31.5 Å². The van der Waals surface area contributed by atoms with E-state index in [0.29, 0.717) is 46.9 Å². The Kier molecular flexibility index (Phi) is 7.78. The van der Waals surface area contributed by atoms with Gasteiger partial charge in [0.05, 0.1) is 21.5 Å². The molecule has 2 heterocycles. The number of aromatic nitrogens is 2. The molecule has 7 nitrogen and oxygen atoms in total. The van der Waals surface area contributed by atoms with Crippen LogP contribution in [0.5, 0.6) is 0 Å². The van der Waals surface area contributed by atoms with Crippen LogP contribution >= 0.6 is 23.1 Å². The van der Waals surface area contributed by atoms with E-state index in [1.807, 2.05) is 12.1 Å². The van der Waals surface area contributed by atoms with Gasteiger partial charge in [-0.1, -0.05) is 23.9 Å². The van der Waals surface area contributed by atoms with E-state index in [-0.39, 0.29) is 29.6 Å². The average Bonchev–Trinajstić information content (AvgIpc) is 3.20. The molecule has 0 aliphatic heterocycles. The maximum Gasteiger partial charge on any atom is 0.262 e. The van der Waals surface area contributed by atoms with Crippen molar-refractivity contribution < 1.29 is 14.7 Å². The van der Waals surface area contributed by atoms with E-state index in [2.05, 4.69) is 10.3 Å². The molecule has 0 atom stereocenters. The van der Waals surface area contributed by atoms with Crippen LogP contribution in [0.2, 0.25) is 0 Å². The molecule has 30 heavy (non-hydrogen) atoms. The van der Waals surface area contributed by atoms with Gasteiger partial charge in [0.15, 0.2) is 10.9 Å². The maximum atomic E-state index is 12.8. The highest BCUT2D eigenvalue weighted by molar-refractivity contribution is 7.99. The number of nitrogens with one attached hydrogen (secondary N) is 1. The molecular weight excluding hydrogens is 422 g/mol. The molecule has 3 aromatic rings. The second-order valence-corrected chi connectivity index (χ2v) is 8.77. The van der Waals surface area contributed by atoms with E-state index in [4.69, 9.17) is 5.11 Å². The lowest BCUT2D eigenvalue weighted by Gasteiger charge is -2.12. The third-order valence-corrected chi connectivity index (χ3v) is 6.54. The van der Waals surface area contributed by atoms with Gasteiger partial charge in [-0.2, -0.15) is 0 Å². The summed E-state index contributed by atoms with van der Waals surface area (Å²) in [7, 11) is 0. The van der Waals surface area contributed by atoms with Crippen molar-refractivity contribution in [3.8, 4) is 0 Å². The first-order valence-electron chi connectivity index (χ1n) is 9.59. The molecule has 0 bridgehead atoms. The van der Waals surface area contributed by atoms with Crippen LogP contribution in [-0.4, -0.2) is 45.3 Å². The van der Waals surface area contributed by atoms with Gasteiger partial charge in [0.25, 0.3) is 5.56 Å². The quantitative estimate of drug-likeness (QED) is 0.282. The summed E-state index contributed by atoms with van der Waals surface area (Å²) in [5, 5.41) is 12.9. The number of carbonyl (C=O) groups is 2. The van der Waals surface area contributed by atoms with E-state index < -0.39 is 0 Å². The molecule has 158 valence electrons. The third kappa shape index (κ3) is 5.56. The van der Waals surface area contributed by atoms with Crippen LogP contribution < -0.4 is 10.9 Å². The van der Waals surface area contributed by atoms with Gasteiger partial charge < -0.3 is 10.4 Å². The van der Waals surface area contributed by atoms with Crippen molar-refractivity contribution in [3.05, 3.63) is 56.5 Å². The van der Waals surface area contributed by atoms with Crippen molar-refractivity contribution in [1.82, 2.24) is 14.9 Å². The van der Waals surface area contributed by atoms with Gasteiger partial charge >= 0.3 is 0 Å². The van der Waals surface area contributed by atoms with Gasteiger partial charge in [-0.15, -0.1) is 11.3 Å². The zero-order chi connectivity index (χ0) is 21.5. The van der Waals surface area contributed by atoms with Crippen molar-refractivity contribution in [1.29, 1.82) is 0 Å². The first kappa shape index (κ1) is 22.2. The number of Topliss-reactive ketones (excluding diaryl/α,β-unsaturated/α-hetero) is 1. The van der Waals surface area contributed by atoms with E-state index in [9.17, 15) is 14.4 Å². The van der Waals surface area contributed by atoms with Gasteiger partial charge in [-0.3, -0.25) is 19.0 Å². The molecule has 2 aromatic heterocycles. The Balaban J connectivity index is 1.73. The maximum absolute atomic E-state index is 12.8. The summed E-state index contributed by atoms with van der Waals surface area (Å²) in [5.41, 5.74) is 0.425. The summed E-state index contributed by atoms with van der Waals surface area (Å²) in [6, 6.07) is 10.8. The van der Waals surface area contributed by atoms with Crippen LogP contribution in [0.3, 0.4) is 0 Å². The molecular formula is C21H23N3O4S2. The van der Waals surface area contributed by atoms with Gasteiger partial charge in [-0.25, -0.2) is 4.98 Å². The standard InChI is InChI=1S/C21H23N3O4S2/c1-14(26)22-10-9-15-7-8-19(30-15)18(27)13-29-21-23-17-6-3-2-5-16(17)20(28)24(21)11-4-12-25/h2-3,5-8,25H,4,9-13H2,1H3,(H,22,26). The topological polar surface area (TPSA) is 101 Å². The second kappa shape index (κ2) is 10.5. The van der Waals surface area contributed by atoms with E-state index >= 15 is 0 Å². The Bertz CT molecular complexity index is 1110. The minimum absolute atomic E-state index is 0.0290. The Morgan fingerprint density at radius 2 is 2.03 bits per heavy atom. The fraction of sp³-hybridized carbons (Fsp3) is 0.333. The van der Waals surface area contributed by atoms with Crippen LogP contribution in [0, 0.1) is 0 Å². The molecule has 0 saturated carbocycles. The number of fused-ring (bicyclic) bond motifs is 1. The highest BCUT2D eigenvalue weighted by Gasteiger charge is 2.15. The number of thioether (sulfide) groups is 1. The number of hydrogen-bond acceptors (Lipinski definition) is 7. The zero-order valence-corrected chi connectivity index (χ0v) is 18.2. The number of nitrogens with zero attached hydrogens (tertiary/aromatic N) is 2. The summed E-state index contributed by atoms with van der Waals surface area (Å²) in [4.78, 5) is 42.7. The van der Waals surface area contributed by atoms with Crippen molar-refractivity contribution in [2.24, 2.45) is 0 Å². The van der Waals surface area contributed by atoms with Gasteiger partial charge in [0.1, 0.15) is 0 Å². The lowest BCUT2D eigenvalue weighted by Crippen LogP contribution is -2.24. The molecule has 9 heteroatoms. The van der Waals surface area contributed by atoms with Gasteiger partial charge in [0, 0.05) is 31.5 Å². The lowest BCUT2D eigenvalue weighted by atomic mass is 10.2. The number of carbonyl (C=O) groups excluding carboxylic acids is 2. The molecule has 0 saturated heterocycles. The van der Waals surface area contributed by atoms with Gasteiger partial charge in [0.2, 0.25) is 5.91 Å². The smallest absolute Gasteiger partial charge is 0.262 e. The van der Waals surface area contributed by atoms with Crippen LogP contribution in [0.1, 0.15) is 27.9 Å². The number of hydrogen-bond donors (Lipinski definition) is 2. The summed E-state index contributed by atoms with van der Waals surface area (Å²) in [6.45, 7) is 2.33. The van der Waals surface area contributed by atoms with Crippen LogP contribution in [-0.2, 0) is 17.8 Å². The minimum atomic E-state index is -0.166. The first-order valence-corrected chi connectivity index (χ1v) is 11.4. The van der Waals surface area contributed by atoms with E-state index in [0.717, 1.165) is 4.88 Å². The second-order valence-electron chi connectivity index (χ2n) is 6.66. The number of aliphatic hydroxyl groups excluding tert-OH is 1. The molecule has 0 radical (unpaired) electrons. The summed E-state index contributed by atoms with van der Waals surface area (Å²) >= 11 is 2.65. The predicted molar refractivity (Wildman–Crippen MR) is 119 cm³/mol. The Morgan fingerprint density at radius 3 is 2.80 bits per heavy atom. The summed E-state index contributed by atoms with van der Waals surface area (Å²) in [6.07, 6.45) is 1.11. The Hall–Kier alpha value is -2.49. The highest BCUT2D eigenvalue weighted by atomic mass is 32.2. The fourth-order valence-electron chi connectivity index (χ4n) is 2.91. The fourth-order valence-corrected chi connectivity index (χ4v) is 4.85. The monoisotopic (exact) mass is 445 g/mol. The molecule has 0 spiro atoms. The number of thiophene rings is 1. The number of amides is 1. The molecule has 0 fully saturated rings. The number of benzene rings is 1. The van der Waals surface area contributed by atoms with Crippen molar-refractivity contribution >= 4 is 45.7 Å². The largest absolute Gasteiger partial charge is 0.396 e.